The van der Waals surface area contributed by atoms with Crippen molar-refractivity contribution in [3.8, 4) is 0 Å². The Morgan fingerprint density at radius 1 is 1.16 bits per heavy atom. The lowest BCUT2D eigenvalue weighted by Gasteiger charge is -2.14. The van der Waals surface area contributed by atoms with E-state index in [0.717, 1.165) is 23.5 Å². The fourth-order valence-corrected chi connectivity index (χ4v) is 2.30. The quantitative estimate of drug-likeness (QED) is 0.831. The first-order valence-corrected chi connectivity index (χ1v) is 6.86. The molecule has 0 aliphatic carbocycles. The monoisotopic (exact) mass is 275 g/mol. The van der Waals surface area contributed by atoms with Crippen LogP contribution in [0.5, 0.6) is 0 Å². The van der Waals surface area contributed by atoms with E-state index in [1.165, 1.54) is 11.9 Å². The average molecular weight is 276 g/mol. The zero-order valence-electron chi connectivity index (χ0n) is 11.4. The molecular weight excluding hydrogens is 258 g/mol. The molecule has 0 unspecified atom stereocenters. The Hall–Kier alpha value is -1.61. The zero-order valence-corrected chi connectivity index (χ0v) is 12.2. The molecule has 0 amide bonds. The van der Waals surface area contributed by atoms with Crippen molar-refractivity contribution in [2.75, 3.05) is 5.32 Å². The van der Waals surface area contributed by atoms with E-state index >= 15 is 0 Å². The van der Waals surface area contributed by atoms with E-state index < -0.39 is 0 Å². The maximum Gasteiger partial charge on any atom is 0.138 e. The fraction of sp³-hybridized carbons (Fsp3) is 0.333. The summed E-state index contributed by atoms with van der Waals surface area (Å²) in [6, 6.07) is 8.33. The van der Waals surface area contributed by atoms with Gasteiger partial charge in [-0.3, -0.25) is 0 Å². The minimum absolute atomic E-state index is 0.270. The van der Waals surface area contributed by atoms with Gasteiger partial charge in [0.05, 0.1) is 0 Å². The normalized spacial score (nSPS) is 10.8. The van der Waals surface area contributed by atoms with Gasteiger partial charge in [0.15, 0.2) is 0 Å². The van der Waals surface area contributed by atoms with Crippen molar-refractivity contribution in [1.82, 2.24) is 9.97 Å². The molecular formula is C15H18ClN3. The molecule has 0 aliphatic rings. The van der Waals surface area contributed by atoms with Crippen molar-refractivity contribution >= 4 is 23.1 Å². The van der Waals surface area contributed by atoms with Gasteiger partial charge in [0, 0.05) is 11.3 Å². The fourth-order valence-electron chi connectivity index (χ4n) is 1.95. The molecule has 2 aromatic rings. The zero-order chi connectivity index (χ0) is 13.8. The number of aromatic nitrogens is 2. The number of nitrogens with one attached hydrogen (secondary N) is 1. The van der Waals surface area contributed by atoms with Gasteiger partial charge >= 0.3 is 0 Å². The summed E-state index contributed by atoms with van der Waals surface area (Å²) < 4.78 is 0. The maximum atomic E-state index is 6.15. The van der Waals surface area contributed by atoms with Crippen molar-refractivity contribution in [3.63, 3.8) is 0 Å². The molecule has 0 saturated carbocycles. The average Bonchev–Trinajstić information content (AvgIpc) is 2.39. The molecule has 0 radical (unpaired) electrons. The second-order valence-electron chi connectivity index (χ2n) is 4.76. The summed E-state index contributed by atoms with van der Waals surface area (Å²) in [5, 5.41) is 3.82. The molecule has 19 heavy (non-hydrogen) atoms. The van der Waals surface area contributed by atoms with E-state index in [1.54, 1.807) is 0 Å². The predicted molar refractivity (Wildman–Crippen MR) is 80.2 cm³/mol. The topological polar surface area (TPSA) is 37.8 Å². The Kier molecular flexibility index (Phi) is 4.38. The number of aryl methyl sites for hydroxylation is 1. The van der Waals surface area contributed by atoms with E-state index in [-0.39, 0.29) is 5.92 Å². The standard InChI is InChI=1S/C15H18ClN3/c1-4-11-5-7-12(8-6-11)19-15-13(10(2)3)14(16)17-9-18-15/h5-10H,4H2,1-3H3,(H,17,18,19). The molecule has 1 heterocycles. The van der Waals surface area contributed by atoms with Gasteiger partial charge < -0.3 is 5.32 Å². The highest BCUT2D eigenvalue weighted by atomic mass is 35.5. The predicted octanol–water partition coefficient (Wildman–Crippen LogP) is 4.56. The Bertz CT molecular complexity index is 550. The third kappa shape index (κ3) is 3.24. The molecule has 0 atom stereocenters. The summed E-state index contributed by atoms with van der Waals surface area (Å²) in [5.74, 6) is 1.05. The molecule has 1 N–H and O–H groups in total. The van der Waals surface area contributed by atoms with Crippen LogP contribution in [0.1, 0.15) is 37.8 Å². The van der Waals surface area contributed by atoms with Gasteiger partial charge in [0.25, 0.3) is 0 Å². The molecule has 100 valence electrons. The van der Waals surface area contributed by atoms with Crippen LogP contribution in [0.25, 0.3) is 0 Å². The number of anilines is 2. The van der Waals surface area contributed by atoms with Crippen LogP contribution in [0, 0.1) is 0 Å². The highest BCUT2D eigenvalue weighted by molar-refractivity contribution is 6.30. The van der Waals surface area contributed by atoms with Crippen LogP contribution in [-0.2, 0) is 6.42 Å². The Balaban J connectivity index is 2.29. The first kappa shape index (κ1) is 13.8. The van der Waals surface area contributed by atoms with Crippen molar-refractivity contribution in [2.24, 2.45) is 0 Å². The number of hydrogen-bond donors (Lipinski definition) is 1. The number of hydrogen-bond acceptors (Lipinski definition) is 3. The van der Waals surface area contributed by atoms with E-state index in [1.807, 2.05) is 0 Å². The highest BCUT2D eigenvalue weighted by Crippen LogP contribution is 2.29. The lowest BCUT2D eigenvalue weighted by Crippen LogP contribution is -2.03. The third-order valence-corrected chi connectivity index (χ3v) is 3.34. The number of benzene rings is 1. The van der Waals surface area contributed by atoms with Gasteiger partial charge in [-0.15, -0.1) is 0 Å². The Morgan fingerprint density at radius 2 is 1.84 bits per heavy atom. The lowest BCUT2D eigenvalue weighted by atomic mass is 10.1. The first-order valence-electron chi connectivity index (χ1n) is 6.48. The van der Waals surface area contributed by atoms with E-state index in [2.05, 4.69) is 60.3 Å². The van der Waals surface area contributed by atoms with Crippen molar-refractivity contribution in [3.05, 3.63) is 46.9 Å². The molecule has 1 aromatic heterocycles. The minimum atomic E-state index is 0.270. The van der Waals surface area contributed by atoms with Gasteiger partial charge in [-0.2, -0.15) is 0 Å². The summed E-state index contributed by atoms with van der Waals surface area (Å²) >= 11 is 6.15. The van der Waals surface area contributed by atoms with Crippen LogP contribution >= 0.6 is 11.6 Å². The summed E-state index contributed by atoms with van der Waals surface area (Å²) in [4.78, 5) is 8.34. The smallest absolute Gasteiger partial charge is 0.138 e. The second kappa shape index (κ2) is 6.02. The second-order valence-corrected chi connectivity index (χ2v) is 5.11. The van der Waals surface area contributed by atoms with Crippen LogP contribution in [0.15, 0.2) is 30.6 Å². The molecule has 1 aromatic carbocycles. The summed E-state index contributed by atoms with van der Waals surface area (Å²) in [5.41, 5.74) is 3.27. The molecule has 0 saturated heterocycles. The van der Waals surface area contributed by atoms with E-state index in [0.29, 0.717) is 5.15 Å². The highest BCUT2D eigenvalue weighted by Gasteiger charge is 2.13. The van der Waals surface area contributed by atoms with E-state index in [4.69, 9.17) is 11.6 Å². The Morgan fingerprint density at radius 3 is 2.42 bits per heavy atom. The van der Waals surface area contributed by atoms with Crippen LogP contribution in [0.2, 0.25) is 5.15 Å². The summed E-state index contributed by atoms with van der Waals surface area (Å²) in [7, 11) is 0. The van der Waals surface area contributed by atoms with Crippen LogP contribution in [0.4, 0.5) is 11.5 Å². The summed E-state index contributed by atoms with van der Waals surface area (Å²) in [6.45, 7) is 6.30. The molecule has 4 heteroatoms. The molecule has 2 rings (SSSR count). The van der Waals surface area contributed by atoms with Crippen LogP contribution in [0.3, 0.4) is 0 Å². The molecule has 0 bridgehead atoms. The van der Waals surface area contributed by atoms with Crippen LogP contribution < -0.4 is 5.32 Å². The van der Waals surface area contributed by atoms with Crippen LogP contribution in [-0.4, -0.2) is 9.97 Å². The number of nitrogens with zero attached hydrogens (tertiary/aromatic N) is 2. The molecule has 0 aliphatic heterocycles. The molecule has 3 nitrogen and oxygen atoms in total. The molecule has 0 spiro atoms. The number of rotatable bonds is 4. The maximum absolute atomic E-state index is 6.15. The minimum Gasteiger partial charge on any atom is -0.340 e. The molecule has 0 fully saturated rings. The summed E-state index contributed by atoms with van der Waals surface area (Å²) in [6.07, 6.45) is 2.52. The van der Waals surface area contributed by atoms with Gasteiger partial charge in [-0.25, -0.2) is 9.97 Å². The first-order chi connectivity index (χ1) is 9.11. The van der Waals surface area contributed by atoms with Gasteiger partial charge in [0.2, 0.25) is 0 Å². The third-order valence-electron chi connectivity index (χ3n) is 3.04. The largest absolute Gasteiger partial charge is 0.340 e. The van der Waals surface area contributed by atoms with Gasteiger partial charge in [0.1, 0.15) is 17.3 Å². The van der Waals surface area contributed by atoms with Crippen molar-refractivity contribution < 1.29 is 0 Å². The van der Waals surface area contributed by atoms with Gasteiger partial charge in [-0.05, 0) is 30.0 Å². The Labute approximate surface area is 119 Å². The van der Waals surface area contributed by atoms with E-state index in [9.17, 15) is 0 Å². The van der Waals surface area contributed by atoms with Crippen molar-refractivity contribution in [2.45, 2.75) is 33.1 Å². The number of halogens is 1. The lowest BCUT2D eigenvalue weighted by molar-refractivity contribution is 0.850. The SMILES string of the molecule is CCc1ccc(Nc2ncnc(Cl)c2C(C)C)cc1. The van der Waals surface area contributed by atoms with Crippen molar-refractivity contribution in [1.29, 1.82) is 0 Å². The van der Waals surface area contributed by atoms with Gasteiger partial charge in [-0.1, -0.05) is 44.5 Å².